The number of hydrogen-bond acceptors (Lipinski definition) is 2. The highest BCUT2D eigenvalue weighted by Gasteiger charge is 2.21. The lowest BCUT2D eigenvalue weighted by atomic mass is 9.88. The third kappa shape index (κ3) is 3.90. The van der Waals surface area contributed by atoms with E-state index in [0.29, 0.717) is 23.1 Å². The van der Waals surface area contributed by atoms with Crippen LogP contribution in [-0.2, 0) is 4.79 Å². The Kier molecular flexibility index (Phi) is 5.90. The van der Waals surface area contributed by atoms with Gasteiger partial charge in [0.05, 0.1) is 11.1 Å². The SMILES string of the molecule is CCCC/C(=C(/C(=O)O)c1ccccc1)c1ccccc1C(=O)O. The van der Waals surface area contributed by atoms with Gasteiger partial charge in [0, 0.05) is 0 Å². The highest BCUT2D eigenvalue weighted by atomic mass is 16.4. The molecule has 0 saturated heterocycles. The first kappa shape index (κ1) is 17.5. The molecule has 2 N–H and O–H groups in total. The fourth-order valence-corrected chi connectivity index (χ4v) is 2.71. The fourth-order valence-electron chi connectivity index (χ4n) is 2.71. The van der Waals surface area contributed by atoms with Crippen LogP contribution in [0.2, 0.25) is 0 Å². The Morgan fingerprint density at radius 2 is 1.46 bits per heavy atom. The lowest BCUT2D eigenvalue weighted by Gasteiger charge is -2.15. The number of carbonyl (C=O) groups is 2. The van der Waals surface area contributed by atoms with Crippen LogP contribution < -0.4 is 0 Å². The summed E-state index contributed by atoms with van der Waals surface area (Å²) in [5, 5.41) is 19.2. The van der Waals surface area contributed by atoms with Crippen molar-refractivity contribution in [1.82, 2.24) is 0 Å². The number of rotatable bonds is 7. The molecule has 24 heavy (non-hydrogen) atoms. The van der Waals surface area contributed by atoms with Gasteiger partial charge in [-0.15, -0.1) is 0 Å². The van der Waals surface area contributed by atoms with E-state index in [1.807, 2.05) is 13.0 Å². The molecule has 0 fully saturated rings. The number of unbranched alkanes of at least 4 members (excludes halogenated alkanes) is 1. The van der Waals surface area contributed by atoms with E-state index in [-0.39, 0.29) is 11.1 Å². The van der Waals surface area contributed by atoms with E-state index in [4.69, 9.17) is 0 Å². The highest BCUT2D eigenvalue weighted by molar-refractivity contribution is 6.24. The molecule has 2 aromatic rings. The van der Waals surface area contributed by atoms with Crippen LogP contribution in [0.1, 0.15) is 47.7 Å². The van der Waals surface area contributed by atoms with Crippen molar-refractivity contribution in [3.8, 4) is 0 Å². The highest BCUT2D eigenvalue weighted by Crippen LogP contribution is 2.32. The molecule has 0 bridgehead atoms. The van der Waals surface area contributed by atoms with E-state index >= 15 is 0 Å². The zero-order valence-corrected chi connectivity index (χ0v) is 13.5. The number of carboxylic acid groups (broad SMARTS) is 2. The average molecular weight is 324 g/mol. The van der Waals surface area contributed by atoms with Gasteiger partial charge >= 0.3 is 11.9 Å². The van der Waals surface area contributed by atoms with Crippen molar-refractivity contribution in [2.75, 3.05) is 0 Å². The van der Waals surface area contributed by atoms with E-state index in [1.54, 1.807) is 42.5 Å². The summed E-state index contributed by atoms with van der Waals surface area (Å²) in [6.07, 6.45) is 2.19. The van der Waals surface area contributed by atoms with Crippen LogP contribution in [-0.4, -0.2) is 22.2 Å². The van der Waals surface area contributed by atoms with Gasteiger partial charge in [-0.3, -0.25) is 0 Å². The largest absolute Gasteiger partial charge is 0.478 e. The van der Waals surface area contributed by atoms with E-state index in [2.05, 4.69) is 0 Å². The van der Waals surface area contributed by atoms with E-state index in [0.717, 1.165) is 12.8 Å². The van der Waals surface area contributed by atoms with Crippen LogP contribution in [0, 0.1) is 0 Å². The van der Waals surface area contributed by atoms with Crippen LogP contribution in [0.5, 0.6) is 0 Å². The molecule has 0 radical (unpaired) electrons. The third-order valence-corrected chi connectivity index (χ3v) is 3.84. The van der Waals surface area contributed by atoms with E-state index < -0.39 is 11.9 Å². The Hall–Kier alpha value is -2.88. The third-order valence-electron chi connectivity index (χ3n) is 3.84. The zero-order chi connectivity index (χ0) is 17.5. The van der Waals surface area contributed by atoms with Crippen molar-refractivity contribution >= 4 is 23.1 Å². The van der Waals surface area contributed by atoms with Crippen LogP contribution >= 0.6 is 0 Å². The van der Waals surface area contributed by atoms with Crippen molar-refractivity contribution in [2.24, 2.45) is 0 Å². The van der Waals surface area contributed by atoms with Crippen LogP contribution in [0.25, 0.3) is 11.1 Å². The van der Waals surface area contributed by atoms with Crippen LogP contribution in [0.4, 0.5) is 0 Å². The minimum absolute atomic E-state index is 0.123. The second-order valence-corrected chi connectivity index (χ2v) is 5.48. The monoisotopic (exact) mass is 324 g/mol. The quantitative estimate of drug-likeness (QED) is 0.578. The Labute approximate surface area is 141 Å². The Bertz CT molecular complexity index is 760. The van der Waals surface area contributed by atoms with Crippen molar-refractivity contribution in [3.05, 3.63) is 71.3 Å². The number of aromatic carboxylic acids is 1. The van der Waals surface area contributed by atoms with Gasteiger partial charge in [0.15, 0.2) is 0 Å². The molecule has 0 aromatic heterocycles. The Balaban J connectivity index is 2.75. The summed E-state index contributed by atoms with van der Waals surface area (Å²) in [5.41, 5.74) is 1.90. The standard InChI is InChI=1S/C20H20O4/c1-2-3-11-16(15-12-7-8-13-17(15)19(21)22)18(20(23)24)14-9-5-4-6-10-14/h4-10,12-13H,2-3,11H2,1H3,(H,21,22)(H,23,24)/b18-16-. The van der Waals surface area contributed by atoms with E-state index in [9.17, 15) is 19.8 Å². The van der Waals surface area contributed by atoms with Gasteiger partial charge < -0.3 is 10.2 Å². The van der Waals surface area contributed by atoms with Gasteiger partial charge in [-0.25, -0.2) is 9.59 Å². The van der Waals surface area contributed by atoms with Crippen LogP contribution in [0.15, 0.2) is 54.6 Å². The van der Waals surface area contributed by atoms with Crippen molar-refractivity contribution in [2.45, 2.75) is 26.2 Å². The summed E-state index contributed by atoms with van der Waals surface area (Å²) in [6, 6.07) is 15.4. The molecule has 0 unspecified atom stereocenters. The number of benzene rings is 2. The molecular weight excluding hydrogens is 304 g/mol. The topological polar surface area (TPSA) is 74.6 Å². The zero-order valence-electron chi connectivity index (χ0n) is 13.5. The Morgan fingerprint density at radius 1 is 0.875 bits per heavy atom. The second kappa shape index (κ2) is 8.11. The van der Waals surface area contributed by atoms with Crippen molar-refractivity contribution in [1.29, 1.82) is 0 Å². The van der Waals surface area contributed by atoms with Gasteiger partial charge in [0.2, 0.25) is 0 Å². The summed E-state index contributed by atoms with van der Waals surface area (Å²) < 4.78 is 0. The van der Waals surface area contributed by atoms with Gasteiger partial charge in [0.1, 0.15) is 0 Å². The van der Waals surface area contributed by atoms with Crippen LogP contribution in [0.3, 0.4) is 0 Å². The molecule has 0 aliphatic rings. The molecule has 0 aliphatic carbocycles. The molecule has 0 aliphatic heterocycles. The molecule has 0 atom stereocenters. The minimum Gasteiger partial charge on any atom is -0.478 e. The molecule has 0 amide bonds. The average Bonchev–Trinajstić information content (AvgIpc) is 2.59. The summed E-state index contributed by atoms with van der Waals surface area (Å²) >= 11 is 0. The predicted octanol–water partition coefficient (Wildman–Crippen LogP) is 4.57. The summed E-state index contributed by atoms with van der Waals surface area (Å²) in [6.45, 7) is 2.02. The molecule has 2 rings (SSSR count). The molecule has 2 aromatic carbocycles. The molecule has 4 heteroatoms. The number of allylic oxidation sites excluding steroid dienone is 1. The number of carboxylic acids is 2. The van der Waals surface area contributed by atoms with Gasteiger partial charge in [-0.05, 0) is 35.6 Å². The Morgan fingerprint density at radius 3 is 2.00 bits per heavy atom. The summed E-state index contributed by atoms with van der Waals surface area (Å²) in [5.74, 6) is -2.11. The second-order valence-electron chi connectivity index (χ2n) is 5.48. The minimum atomic E-state index is -1.06. The predicted molar refractivity (Wildman–Crippen MR) is 93.8 cm³/mol. The van der Waals surface area contributed by atoms with Gasteiger partial charge in [-0.1, -0.05) is 61.9 Å². The molecule has 124 valence electrons. The molecule has 4 nitrogen and oxygen atoms in total. The number of aliphatic carboxylic acids is 1. The molecule has 0 heterocycles. The fraction of sp³-hybridized carbons (Fsp3) is 0.200. The maximum atomic E-state index is 12.0. The number of hydrogen-bond donors (Lipinski definition) is 2. The van der Waals surface area contributed by atoms with Crippen molar-refractivity contribution in [3.63, 3.8) is 0 Å². The van der Waals surface area contributed by atoms with Gasteiger partial charge in [0.25, 0.3) is 0 Å². The van der Waals surface area contributed by atoms with E-state index in [1.165, 1.54) is 6.07 Å². The first-order chi connectivity index (χ1) is 11.6. The lowest BCUT2D eigenvalue weighted by Crippen LogP contribution is -2.08. The molecule has 0 saturated carbocycles. The van der Waals surface area contributed by atoms with Crippen molar-refractivity contribution < 1.29 is 19.8 Å². The molecule has 0 spiro atoms. The summed E-state index contributed by atoms with van der Waals surface area (Å²) in [4.78, 5) is 23.5. The lowest BCUT2D eigenvalue weighted by molar-refractivity contribution is -0.130. The maximum Gasteiger partial charge on any atom is 0.336 e. The van der Waals surface area contributed by atoms with Gasteiger partial charge in [-0.2, -0.15) is 0 Å². The summed E-state index contributed by atoms with van der Waals surface area (Å²) in [7, 11) is 0. The maximum absolute atomic E-state index is 12.0. The first-order valence-electron chi connectivity index (χ1n) is 7.90. The molecular formula is C20H20O4. The normalized spacial score (nSPS) is 11.7. The smallest absolute Gasteiger partial charge is 0.336 e. The first-order valence-corrected chi connectivity index (χ1v) is 7.90.